The zero-order valence-electron chi connectivity index (χ0n) is 14.3. The number of allylic oxidation sites excluding steroid dienone is 1. The molecule has 0 N–H and O–H groups in total. The van der Waals surface area contributed by atoms with E-state index in [0.29, 0.717) is 17.9 Å². The molecule has 0 fully saturated rings. The van der Waals surface area contributed by atoms with Crippen LogP contribution in [0.15, 0.2) is 53.9 Å². The first-order chi connectivity index (χ1) is 12.3. The molecule has 0 radical (unpaired) electrons. The van der Waals surface area contributed by atoms with Crippen LogP contribution >= 0.6 is 11.6 Å². The highest BCUT2D eigenvalue weighted by Crippen LogP contribution is 2.52. The summed E-state index contributed by atoms with van der Waals surface area (Å²) in [7, 11) is -4.04. The fourth-order valence-electron chi connectivity index (χ4n) is 3.99. The molecule has 0 aromatic heterocycles. The van der Waals surface area contributed by atoms with Gasteiger partial charge in [-0.15, -0.1) is 6.58 Å². The molecule has 1 aliphatic carbocycles. The van der Waals surface area contributed by atoms with E-state index in [1.807, 2.05) is 0 Å². The Bertz CT molecular complexity index is 955. The van der Waals surface area contributed by atoms with Gasteiger partial charge in [0, 0.05) is 10.6 Å². The average Bonchev–Trinajstić information content (AvgIpc) is 2.60. The molecule has 0 heterocycles. The Morgan fingerprint density at radius 2 is 1.81 bits per heavy atom. The van der Waals surface area contributed by atoms with Gasteiger partial charge in [0.15, 0.2) is 9.84 Å². The number of benzene rings is 2. The van der Waals surface area contributed by atoms with Crippen LogP contribution in [-0.4, -0.2) is 8.42 Å². The predicted molar refractivity (Wildman–Crippen MR) is 99.0 cm³/mol. The molecular weight excluding hydrogens is 378 g/mol. The summed E-state index contributed by atoms with van der Waals surface area (Å²) in [6.45, 7) is 5.45. The first-order valence-corrected chi connectivity index (χ1v) is 10.2. The van der Waals surface area contributed by atoms with Crippen LogP contribution in [0, 0.1) is 17.6 Å². The van der Waals surface area contributed by atoms with Crippen LogP contribution in [0.1, 0.15) is 30.9 Å². The number of halogens is 3. The van der Waals surface area contributed by atoms with Gasteiger partial charge in [0.2, 0.25) is 0 Å². The van der Waals surface area contributed by atoms with Crippen molar-refractivity contribution in [3.8, 4) is 0 Å². The molecular formula is C20H19ClF2O2S. The van der Waals surface area contributed by atoms with Crippen molar-refractivity contribution in [2.24, 2.45) is 5.92 Å². The van der Waals surface area contributed by atoms with Gasteiger partial charge in [-0.2, -0.15) is 0 Å². The number of fused-ring (bicyclic) bond motifs is 1. The summed E-state index contributed by atoms with van der Waals surface area (Å²) in [6.07, 6.45) is 2.19. The van der Waals surface area contributed by atoms with E-state index < -0.39 is 32.1 Å². The van der Waals surface area contributed by atoms with Crippen molar-refractivity contribution in [3.63, 3.8) is 0 Å². The van der Waals surface area contributed by atoms with Crippen molar-refractivity contribution in [1.82, 2.24) is 0 Å². The van der Waals surface area contributed by atoms with E-state index in [1.54, 1.807) is 6.92 Å². The largest absolute Gasteiger partial charge is 0.223 e. The molecule has 2 nitrogen and oxygen atoms in total. The van der Waals surface area contributed by atoms with Gasteiger partial charge in [-0.3, -0.25) is 0 Å². The monoisotopic (exact) mass is 396 g/mol. The van der Waals surface area contributed by atoms with E-state index in [-0.39, 0.29) is 22.4 Å². The first kappa shape index (κ1) is 19.1. The molecule has 0 saturated heterocycles. The van der Waals surface area contributed by atoms with Crippen molar-refractivity contribution in [2.45, 2.75) is 35.8 Å². The summed E-state index contributed by atoms with van der Waals surface area (Å²) in [5.41, 5.74) is 0.0774. The van der Waals surface area contributed by atoms with Crippen LogP contribution < -0.4 is 0 Å². The number of sulfone groups is 1. The minimum absolute atomic E-state index is 0.00744. The highest BCUT2D eigenvalue weighted by molar-refractivity contribution is 7.92. The Kier molecular flexibility index (Phi) is 4.97. The second-order valence-electron chi connectivity index (χ2n) is 6.66. The molecule has 0 saturated carbocycles. The zero-order chi connectivity index (χ0) is 19.1. The average molecular weight is 397 g/mol. The van der Waals surface area contributed by atoms with E-state index in [9.17, 15) is 17.2 Å². The number of hydrogen-bond acceptors (Lipinski definition) is 2. The predicted octanol–water partition coefficient (Wildman–Crippen LogP) is 5.45. The smallest absolute Gasteiger partial charge is 0.188 e. The first-order valence-electron chi connectivity index (χ1n) is 8.34. The van der Waals surface area contributed by atoms with Crippen LogP contribution in [0.5, 0.6) is 0 Å². The number of rotatable bonds is 4. The van der Waals surface area contributed by atoms with E-state index in [0.717, 1.165) is 12.1 Å². The van der Waals surface area contributed by atoms with Crippen LogP contribution in [0.2, 0.25) is 5.02 Å². The molecule has 2 aromatic rings. The molecule has 2 atom stereocenters. The van der Waals surface area contributed by atoms with Gasteiger partial charge in [0.25, 0.3) is 0 Å². The Labute approximate surface area is 157 Å². The van der Waals surface area contributed by atoms with Gasteiger partial charge in [-0.1, -0.05) is 24.6 Å². The van der Waals surface area contributed by atoms with Crippen molar-refractivity contribution in [2.75, 3.05) is 0 Å². The quantitative estimate of drug-likeness (QED) is 0.644. The van der Waals surface area contributed by atoms with Crippen molar-refractivity contribution >= 4 is 21.4 Å². The van der Waals surface area contributed by atoms with Gasteiger partial charge < -0.3 is 0 Å². The Balaban J connectivity index is 2.38. The summed E-state index contributed by atoms with van der Waals surface area (Å²) in [6, 6.07) is 7.82. The summed E-state index contributed by atoms with van der Waals surface area (Å²) >= 11 is 5.88. The molecule has 2 aromatic carbocycles. The Morgan fingerprint density at radius 3 is 2.42 bits per heavy atom. The van der Waals surface area contributed by atoms with E-state index >= 15 is 0 Å². The summed E-state index contributed by atoms with van der Waals surface area (Å²) in [5, 5.41) is 0.399. The molecule has 1 aliphatic rings. The third kappa shape index (κ3) is 2.69. The second kappa shape index (κ2) is 6.78. The number of hydrogen-bond donors (Lipinski definition) is 0. The zero-order valence-corrected chi connectivity index (χ0v) is 15.9. The van der Waals surface area contributed by atoms with Gasteiger partial charge in [-0.25, -0.2) is 17.2 Å². The fraction of sp³-hybridized carbons (Fsp3) is 0.300. The maximum Gasteiger partial charge on any atom is 0.188 e. The minimum atomic E-state index is -4.04. The molecule has 138 valence electrons. The minimum Gasteiger partial charge on any atom is -0.223 e. The van der Waals surface area contributed by atoms with E-state index in [1.165, 1.54) is 30.3 Å². The molecule has 0 aliphatic heterocycles. The molecule has 0 spiro atoms. The lowest BCUT2D eigenvalue weighted by atomic mass is 9.73. The lowest BCUT2D eigenvalue weighted by Gasteiger charge is -2.43. The van der Waals surface area contributed by atoms with Gasteiger partial charge >= 0.3 is 0 Å². The van der Waals surface area contributed by atoms with Gasteiger partial charge in [0.05, 0.1) is 4.90 Å². The highest BCUT2D eigenvalue weighted by Gasteiger charge is 2.54. The molecule has 6 heteroatoms. The molecule has 3 rings (SSSR count). The molecule has 0 amide bonds. The fourth-order valence-corrected chi connectivity index (χ4v) is 6.50. The van der Waals surface area contributed by atoms with Crippen molar-refractivity contribution in [1.29, 1.82) is 0 Å². The highest BCUT2D eigenvalue weighted by atomic mass is 35.5. The van der Waals surface area contributed by atoms with Crippen molar-refractivity contribution < 1.29 is 17.2 Å². The normalized spacial score (nSPS) is 22.7. The van der Waals surface area contributed by atoms with Gasteiger partial charge in [-0.05, 0) is 67.1 Å². The summed E-state index contributed by atoms with van der Waals surface area (Å²) < 4.78 is 55.0. The second-order valence-corrected chi connectivity index (χ2v) is 9.31. The van der Waals surface area contributed by atoms with E-state index in [2.05, 4.69) is 6.58 Å². The lowest BCUT2D eigenvalue weighted by molar-refractivity contribution is 0.325. The van der Waals surface area contributed by atoms with Gasteiger partial charge in [0.1, 0.15) is 16.4 Å². The topological polar surface area (TPSA) is 34.1 Å². The van der Waals surface area contributed by atoms with Crippen LogP contribution in [0.4, 0.5) is 8.78 Å². The molecule has 0 unspecified atom stereocenters. The molecule has 26 heavy (non-hydrogen) atoms. The molecule has 0 bridgehead atoms. The lowest BCUT2D eigenvalue weighted by Crippen LogP contribution is -2.46. The van der Waals surface area contributed by atoms with E-state index in [4.69, 9.17) is 11.6 Å². The van der Waals surface area contributed by atoms with Crippen LogP contribution in [0.25, 0.3) is 0 Å². The Hall–Kier alpha value is -1.72. The third-order valence-electron chi connectivity index (χ3n) is 5.30. The van der Waals surface area contributed by atoms with Crippen molar-refractivity contribution in [3.05, 3.63) is 76.8 Å². The Morgan fingerprint density at radius 1 is 1.19 bits per heavy atom. The standard InChI is InChI=1S/C20H19ClF2O2S/c1-3-12-20(26(24,25)15-7-5-14(21)6-8-15)13(2)4-9-16-17(22)10-11-18(23)19(16)20/h3,5-8,10-11,13H,1,4,9,12H2,2H3/t13-,20-/m0/s1. The van der Waals surface area contributed by atoms with Crippen LogP contribution in [0.3, 0.4) is 0 Å². The van der Waals surface area contributed by atoms with Crippen LogP contribution in [-0.2, 0) is 21.0 Å². The maximum atomic E-state index is 14.9. The maximum absolute atomic E-state index is 14.9. The SMILES string of the molecule is C=CC[C@@]1(S(=O)(=O)c2ccc(Cl)cc2)c2c(F)ccc(F)c2CC[C@@H]1C. The summed E-state index contributed by atoms with van der Waals surface area (Å²) in [4.78, 5) is 0.0344. The summed E-state index contributed by atoms with van der Waals surface area (Å²) in [5.74, 6) is -1.69. The third-order valence-corrected chi connectivity index (χ3v) is 8.18.